The minimum absolute atomic E-state index is 0.163. The lowest BCUT2D eigenvalue weighted by atomic mass is 10.0. The van der Waals surface area contributed by atoms with Crippen LogP contribution in [-0.4, -0.2) is 0 Å². The number of rotatable bonds is 6. The monoisotopic (exact) mass is 520 g/mol. The van der Waals surface area contributed by atoms with Crippen LogP contribution >= 0.6 is 0 Å². The molecule has 0 aromatic heterocycles. The average Bonchev–Trinajstić information content (AvgIpc) is 2.83. The predicted molar refractivity (Wildman–Crippen MR) is 166 cm³/mol. The van der Waals surface area contributed by atoms with E-state index in [0.29, 0.717) is 11.8 Å². The first-order valence-corrected chi connectivity index (χ1v) is 12.8. The Kier molecular flexibility index (Phi) is 39.7. The number of hydrogen-bond donors (Lipinski definition) is 0. The molecule has 0 fully saturated rings. The fourth-order valence-corrected chi connectivity index (χ4v) is 1.41. The van der Waals surface area contributed by atoms with Gasteiger partial charge < -0.3 is 0 Å². The van der Waals surface area contributed by atoms with Gasteiger partial charge in [0.1, 0.15) is 17.5 Å². The summed E-state index contributed by atoms with van der Waals surface area (Å²) >= 11 is 0. The molecule has 0 unspecified atom stereocenters. The molecule has 1 aromatic rings. The van der Waals surface area contributed by atoms with Gasteiger partial charge in [0.2, 0.25) is 0 Å². The molecule has 0 spiro atoms. The van der Waals surface area contributed by atoms with Crippen LogP contribution in [0.4, 0.5) is 13.2 Å². The Labute approximate surface area is 228 Å². The maximum absolute atomic E-state index is 12.4. The Bertz CT molecular complexity index is 752. The summed E-state index contributed by atoms with van der Waals surface area (Å²) in [7, 11) is 0. The van der Waals surface area contributed by atoms with Gasteiger partial charge in [-0.2, -0.15) is 0 Å². The van der Waals surface area contributed by atoms with Crippen LogP contribution in [0, 0.1) is 17.7 Å². The standard InChI is InChI=1S/C9H11F.C9H13F.C6H7F.C4H10.C4H8.C2H6/c1-7(2)8-3-5-9(10)6-4-8;1-7(2)8(3)5-6-9(4)10;1-3-4-5-6(2)7;1-4(2)3;1-3-4-2;1-2/h3-7H,1-2H3;5-7H,3-4H2,1-2H3;3-5H,1-2H2;4H,1-3H3;3-4H,1-2H3;1-2H3/b;6-5-;5-4-;;;. The summed E-state index contributed by atoms with van der Waals surface area (Å²) in [6.07, 6.45) is 11.2. The normalized spacial score (nSPS) is 9.65. The van der Waals surface area contributed by atoms with Crippen molar-refractivity contribution in [2.45, 2.75) is 82.1 Å². The molecule has 0 aliphatic carbocycles. The minimum Gasteiger partial charge on any atom is -0.208 e. The van der Waals surface area contributed by atoms with E-state index in [1.165, 1.54) is 42.0 Å². The van der Waals surface area contributed by atoms with Gasteiger partial charge in [-0.1, -0.05) is 137 Å². The van der Waals surface area contributed by atoms with Crippen molar-refractivity contribution in [3.63, 3.8) is 0 Å². The molecule has 0 N–H and O–H groups in total. The highest BCUT2D eigenvalue weighted by Crippen LogP contribution is 2.13. The molecule has 212 valence electrons. The summed E-state index contributed by atoms with van der Waals surface area (Å²) in [5.41, 5.74) is 2.10. The quantitative estimate of drug-likeness (QED) is 0.258. The number of benzene rings is 1. The summed E-state index contributed by atoms with van der Waals surface area (Å²) in [5, 5.41) is 0. The third-order valence-corrected chi connectivity index (χ3v) is 3.50. The lowest BCUT2D eigenvalue weighted by molar-refractivity contribution is 0.626. The Morgan fingerprint density at radius 2 is 1.11 bits per heavy atom. The zero-order valence-corrected chi connectivity index (χ0v) is 25.5. The van der Waals surface area contributed by atoms with Crippen LogP contribution in [0.15, 0.2) is 110 Å². The summed E-state index contributed by atoms with van der Waals surface area (Å²) < 4.78 is 35.9. The van der Waals surface area contributed by atoms with Crippen molar-refractivity contribution in [2.24, 2.45) is 11.8 Å². The van der Waals surface area contributed by atoms with Gasteiger partial charge in [0.25, 0.3) is 0 Å². The van der Waals surface area contributed by atoms with E-state index in [2.05, 4.69) is 60.9 Å². The smallest absolute Gasteiger partial charge is 0.123 e. The predicted octanol–water partition coefficient (Wildman–Crippen LogP) is 12.7. The zero-order chi connectivity index (χ0) is 30.4. The van der Waals surface area contributed by atoms with E-state index in [1.807, 2.05) is 65.8 Å². The van der Waals surface area contributed by atoms with Crippen LogP contribution in [0.25, 0.3) is 0 Å². The van der Waals surface area contributed by atoms with Crippen molar-refractivity contribution in [1.29, 1.82) is 0 Å². The molecule has 0 nitrogen and oxygen atoms in total. The fraction of sp³-hybridized carbons (Fsp3) is 0.412. The van der Waals surface area contributed by atoms with Crippen molar-refractivity contribution >= 4 is 0 Å². The Morgan fingerprint density at radius 1 is 0.730 bits per heavy atom. The first-order chi connectivity index (χ1) is 17.2. The van der Waals surface area contributed by atoms with E-state index in [1.54, 1.807) is 6.08 Å². The third-order valence-electron chi connectivity index (χ3n) is 3.50. The Hall–Kier alpha value is -2.81. The van der Waals surface area contributed by atoms with Crippen LogP contribution in [0.3, 0.4) is 0 Å². The molecule has 37 heavy (non-hydrogen) atoms. The first-order valence-electron chi connectivity index (χ1n) is 12.8. The minimum atomic E-state index is -0.445. The van der Waals surface area contributed by atoms with E-state index in [-0.39, 0.29) is 5.82 Å². The highest BCUT2D eigenvalue weighted by molar-refractivity contribution is 5.22. The van der Waals surface area contributed by atoms with Gasteiger partial charge in [0, 0.05) is 0 Å². The van der Waals surface area contributed by atoms with Crippen molar-refractivity contribution in [3.05, 3.63) is 122 Å². The lowest BCUT2D eigenvalue weighted by Gasteiger charge is -2.02. The van der Waals surface area contributed by atoms with Gasteiger partial charge in [-0.05, 0) is 61.4 Å². The van der Waals surface area contributed by atoms with Crippen LogP contribution in [0.5, 0.6) is 0 Å². The molecule has 0 atom stereocenters. The van der Waals surface area contributed by atoms with Crippen LogP contribution < -0.4 is 0 Å². The van der Waals surface area contributed by atoms with Crippen molar-refractivity contribution in [1.82, 2.24) is 0 Å². The number of halogens is 3. The van der Waals surface area contributed by atoms with Gasteiger partial charge >= 0.3 is 0 Å². The van der Waals surface area contributed by atoms with Crippen LogP contribution in [0.1, 0.15) is 87.6 Å². The lowest BCUT2D eigenvalue weighted by Crippen LogP contribution is -1.86. The van der Waals surface area contributed by atoms with Gasteiger partial charge in [0.05, 0.1) is 0 Å². The molecule has 0 bridgehead atoms. The van der Waals surface area contributed by atoms with Gasteiger partial charge in [0.15, 0.2) is 0 Å². The molecule has 1 aromatic carbocycles. The Balaban J connectivity index is -0.000000119. The summed E-state index contributed by atoms with van der Waals surface area (Å²) in [6, 6.07) is 6.63. The summed E-state index contributed by atoms with van der Waals surface area (Å²) in [6.45, 7) is 35.8. The van der Waals surface area contributed by atoms with Crippen LogP contribution in [0.2, 0.25) is 0 Å². The molecular formula is C34H55F3. The molecule has 0 radical (unpaired) electrons. The topological polar surface area (TPSA) is 0 Å². The van der Waals surface area contributed by atoms with Crippen molar-refractivity contribution < 1.29 is 13.2 Å². The SMILES string of the molecule is C=C(F)/C=C\C(=C)C(C)C.C=C/C=C\C(=C)F.CC.CC(C)C.CC(C)c1ccc(F)cc1.CC=CC. The molecule has 3 heteroatoms. The molecule has 0 aliphatic rings. The van der Waals surface area contributed by atoms with E-state index < -0.39 is 11.7 Å². The molecule has 0 aliphatic heterocycles. The van der Waals surface area contributed by atoms with Crippen molar-refractivity contribution in [3.8, 4) is 0 Å². The van der Waals surface area contributed by atoms with E-state index >= 15 is 0 Å². The number of hydrogen-bond acceptors (Lipinski definition) is 0. The zero-order valence-electron chi connectivity index (χ0n) is 25.5. The molecule has 0 heterocycles. The molecule has 1 rings (SSSR count). The summed E-state index contributed by atoms with van der Waals surface area (Å²) in [4.78, 5) is 0. The van der Waals surface area contributed by atoms with Gasteiger partial charge in [-0.3, -0.25) is 0 Å². The highest BCUT2D eigenvalue weighted by Gasteiger charge is 1.96. The summed E-state index contributed by atoms with van der Waals surface area (Å²) in [5.74, 6) is 0.655. The molecule has 0 amide bonds. The molecule has 0 saturated heterocycles. The van der Waals surface area contributed by atoms with E-state index in [4.69, 9.17) is 0 Å². The second kappa shape index (κ2) is 33.2. The largest absolute Gasteiger partial charge is 0.208 e. The molecular weight excluding hydrogens is 465 g/mol. The third kappa shape index (κ3) is 50.9. The second-order valence-electron chi connectivity index (χ2n) is 8.66. The van der Waals surface area contributed by atoms with E-state index in [0.717, 1.165) is 11.5 Å². The average molecular weight is 521 g/mol. The first kappa shape index (κ1) is 44.2. The van der Waals surface area contributed by atoms with E-state index in [9.17, 15) is 13.2 Å². The maximum Gasteiger partial charge on any atom is 0.123 e. The van der Waals surface area contributed by atoms with Gasteiger partial charge in [-0.25, -0.2) is 13.2 Å². The van der Waals surface area contributed by atoms with Gasteiger partial charge in [-0.15, -0.1) is 0 Å². The fourth-order valence-electron chi connectivity index (χ4n) is 1.41. The molecule has 0 saturated carbocycles. The number of allylic oxidation sites excluding steroid dienone is 10. The maximum atomic E-state index is 12.4. The second-order valence-corrected chi connectivity index (χ2v) is 8.66. The highest BCUT2D eigenvalue weighted by atomic mass is 19.1. The Morgan fingerprint density at radius 3 is 1.32 bits per heavy atom. The van der Waals surface area contributed by atoms with Crippen molar-refractivity contribution in [2.75, 3.05) is 0 Å². The van der Waals surface area contributed by atoms with Crippen LogP contribution in [-0.2, 0) is 0 Å².